The van der Waals surface area contributed by atoms with Gasteiger partial charge in [0.05, 0.1) is 6.10 Å². The number of hydrogen-bond donors (Lipinski definition) is 1. The van der Waals surface area contributed by atoms with Gasteiger partial charge in [-0.25, -0.2) is 4.98 Å². The zero-order chi connectivity index (χ0) is 14.1. The molecule has 5 nitrogen and oxygen atoms in total. The lowest BCUT2D eigenvalue weighted by Crippen LogP contribution is -2.43. The molecule has 0 saturated carbocycles. The Kier molecular flexibility index (Phi) is 7.67. The fourth-order valence-corrected chi connectivity index (χ4v) is 2.34. The van der Waals surface area contributed by atoms with Crippen molar-refractivity contribution in [1.82, 2.24) is 20.1 Å². The first-order valence-corrected chi connectivity index (χ1v) is 7.39. The summed E-state index contributed by atoms with van der Waals surface area (Å²) in [5.74, 6) is 1.04. The molecule has 0 fully saturated rings. The van der Waals surface area contributed by atoms with Crippen molar-refractivity contribution in [2.24, 2.45) is 0 Å². The molecule has 0 aliphatic carbocycles. The number of aryl methyl sites for hydroxylation is 1. The third-order valence-electron chi connectivity index (χ3n) is 3.38. The van der Waals surface area contributed by atoms with Gasteiger partial charge in [0.1, 0.15) is 12.2 Å². The van der Waals surface area contributed by atoms with Crippen LogP contribution in [0, 0.1) is 0 Å². The largest absolute Gasteiger partial charge is 0.380 e. The van der Waals surface area contributed by atoms with Gasteiger partial charge in [0.25, 0.3) is 0 Å². The van der Waals surface area contributed by atoms with Crippen molar-refractivity contribution >= 4 is 0 Å². The Morgan fingerprint density at radius 1 is 1.32 bits per heavy atom. The first kappa shape index (κ1) is 16.1. The average Bonchev–Trinajstić information content (AvgIpc) is 2.88. The van der Waals surface area contributed by atoms with E-state index in [9.17, 15) is 0 Å². The van der Waals surface area contributed by atoms with Gasteiger partial charge >= 0.3 is 0 Å². The Hall–Kier alpha value is -0.940. The molecule has 110 valence electrons. The van der Waals surface area contributed by atoms with Crippen LogP contribution in [0.5, 0.6) is 0 Å². The summed E-state index contributed by atoms with van der Waals surface area (Å²) in [4.78, 5) is 4.37. The smallest absolute Gasteiger partial charge is 0.138 e. The molecule has 0 spiro atoms. The minimum absolute atomic E-state index is 0.235. The Bertz CT molecular complexity index is 340. The highest BCUT2D eigenvalue weighted by Crippen LogP contribution is 2.11. The summed E-state index contributed by atoms with van der Waals surface area (Å²) in [6, 6.07) is 0.305. The molecule has 1 aromatic rings. The Labute approximate surface area is 116 Å². The number of methoxy groups -OCH3 is 1. The predicted octanol–water partition coefficient (Wildman–Crippen LogP) is 2.02. The van der Waals surface area contributed by atoms with Crippen LogP contribution in [0.15, 0.2) is 6.33 Å². The molecule has 0 radical (unpaired) electrons. The molecule has 1 N–H and O–H groups in total. The first-order valence-electron chi connectivity index (χ1n) is 7.39. The van der Waals surface area contributed by atoms with Crippen LogP contribution in [0.2, 0.25) is 0 Å². The van der Waals surface area contributed by atoms with Gasteiger partial charge in [-0.2, -0.15) is 5.10 Å². The highest BCUT2D eigenvalue weighted by molar-refractivity contribution is 4.92. The van der Waals surface area contributed by atoms with Crippen LogP contribution in [-0.2, 0) is 17.7 Å². The van der Waals surface area contributed by atoms with E-state index in [1.165, 1.54) is 0 Å². The maximum absolute atomic E-state index is 5.65. The van der Waals surface area contributed by atoms with Crippen LogP contribution in [0.4, 0.5) is 0 Å². The molecular formula is C14H28N4O. The number of rotatable bonds is 10. The predicted molar refractivity (Wildman–Crippen MR) is 77.2 cm³/mol. The fraction of sp³-hybridized carbons (Fsp3) is 0.857. The average molecular weight is 268 g/mol. The molecule has 0 amide bonds. The van der Waals surface area contributed by atoms with Gasteiger partial charge in [-0.3, -0.25) is 4.68 Å². The van der Waals surface area contributed by atoms with Gasteiger partial charge < -0.3 is 10.1 Å². The second-order valence-electron chi connectivity index (χ2n) is 4.82. The number of ether oxygens (including phenoxy) is 1. The molecule has 0 saturated heterocycles. The maximum atomic E-state index is 5.65. The molecule has 1 heterocycles. The molecule has 5 heteroatoms. The molecule has 0 aliphatic rings. The van der Waals surface area contributed by atoms with E-state index in [1.807, 2.05) is 4.68 Å². The summed E-state index contributed by atoms with van der Waals surface area (Å²) < 4.78 is 7.61. The van der Waals surface area contributed by atoms with Crippen LogP contribution >= 0.6 is 0 Å². The Balaban J connectivity index is 2.72. The second kappa shape index (κ2) is 9.04. The van der Waals surface area contributed by atoms with E-state index >= 15 is 0 Å². The summed E-state index contributed by atoms with van der Waals surface area (Å²) >= 11 is 0. The monoisotopic (exact) mass is 268 g/mol. The maximum Gasteiger partial charge on any atom is 0.138 e. The van der Waals surface area contributed by atoms with Crippen LogP contribution in [0.25, 0.3) is 0 Å². The highest BCUT2D eigenvalue weighted by Gasteiger charge is 2.22. The standard InChI is InChI=1S/C14H28N4O/c1-5-8-13(19-4)12(15-9-6-2)10-14-16-11-17-18(14)7-3/h11-13,15H,5-10H2,1-4H3. The van der Waals surface area contributed by atoms with Crippen LogP contribution in [0.3, 0.4) is 0 Å². The summed E-state index contributed by atoms with van der Waals surface area (Å²) in [7, 11) is 1.80. The lowest BCUT2D eigenvalue weighted by atomic mass is 10.0. The molecule has 0 bridgehead atoms. The van der Waals surface area contributed by atoms with E-state index in [-0.39, 0.29) is 6.10 Å². The van der Waals surface area contributed by atoms with Gasteiger partial charge in [-0.05, 0) is 26.3 Å². The third-order valence-corrected chi connectivity index (χ3v) is 3.38. The molecule has 2 atom stereocenters. The summed E-state index contributed by atoms with van der Waals surface area (Å²) in [5.41, 5.74) is 0. The van der Waals surface area contributed by atoms with E-state index in [0.29, 0.717) is 6.04 Å². The second-order valence-corrected chi connectivity index (χ2v) is 4.82. The fourth-order valence-electron chi connectivity index (χ4n) is 2.34. The quantitative estimate of drug-likeness (QED) is 0.705. The zero-order valence-electron chi connectivity index (χ0n) is 12.7. The van der Waals surface area contributed by atoms with Crippen LogP contribution < -0.4 is 5.32 Å². The van der Waals surface area contributed by atoms with E-state index in [4.69, 9.17) is 4.74 Å². The Morgan fingerprint density at radius 2 is 2.11 bits per heavy atom. The van der Waals surface area contributed by atoms with Crippen molar-refractivity contribution in [3.05, 3.63) is 12.2 Å². The third kappa shape index (κ3) is 4.91. The van der Waals surface area contributed by atoms with Crippen molar-refractivity contribution in [2.45, 2.75) is 65.1 Å². The van der Waals surface area contributed by atoms with Gasteiger partial charge in [0.15, 0.2) is 0 Å². The summed E-state index contributed by atoms with van der Waals surface area (Å²) in [6.45, 7) is 8.33. The number of hydrogen-bond acceptors (Lipinski definition) is 4. The summed E-state index contributed by atoms with van der Waals surface area (Å²) in [5, 5.41) is 7.82. The summed E-state index contributed by atoms with van der Waals surface area (Å²) in [6.07, 6.45) is 6.06. The minimum Gasteiger partial charge on any atom is -0.380 e. The van der Waals surface area contributed by atoms with Gasteiger partial charge in [-0.15, -0.1) is 0 Å². The van der Waals surface area contributed by atoms with Crippen molar-refractivity contribution in [2.75, 3.05) is 13.7 Å². The molecular weight excluding hydrogens is 240 g/mol. The van der Waals surface area contributed by atoms with Crippen LogP contribution in [0.1, 0.15) is 45.9 Å². The molecule has 1 rings (SSSR count). The van der Waals surface area contributed by atoms with Crippen molar-refractivity contribution < 1.29 is 4.74 Å². The molecule has 19 heavy (non-hydrogen) atoms. The number of nitrogens with zero attached hydrogens (tertiary/aromatic N) is 3. The molecule has 2 unspecified atom stereocenters. The van der Waals surface area contributed by atoms with Gasteiger partial charge in [-0.1, -0.05) is 20.3 Å². The van der Waals surface area contributed by atoms with Crippen molar-refractivity contribution in [1.29, 1.82) is 0 Å². The molecule has 0 aromatic carbocycles. The van der Waals surface area contributed by atoms with Crippen molar-refractivity contribution in [3.8, 4) is 0 Å². The SMILES string of the molecule is CCCNC(Cc1ncnn1CC)C(CCC)OC. The van der Waals surface area contributed by atoms with E-state index < -0.39 is 0 Å². The highest BCUT2D eigenvalue weighted by atomic mass is 16.5. The molecule has 0 aliphatic heterocycles. The lowest BCUT2D eigenvalue weighted by molar-refractivity contribution is 0.0600. The topological polar surface area (TPSA) is 52.0 Å². The van der Waals surface area contributed by atoms with Crippen molar-refractivity contribution in [3.63, 3.8) is 0 Å². The van der Waals surface area contributed by atoms with Crippen LogP contribution in [-0.4, -0.2) is 40.6 Å². The normalized spacial score (nSPS) is 14.5. The first-order chi connectivity index (χ1) is 9.26. The van der Waals surface area contributed by atoms with E-state index in [1.54, 1.807) is 13.4 Å². The Morgan fingerprint density at radius 3 is 2.68 bits per heavy atom. The van der Waals surface area contributed by atoms with E-state index in [2.05, 4.69) is 36.2 Å². The number of aromatic nitrogens is 3. The number of nitrogens with one attached hydrogen (secondary N) is 1. The molecule has 1 aromatic heterocycles. The van der Waals surface area contributed by atoms with E-state index in [0.717, 1.165) is 44.6 Å². The minimum atomic E-state index is 0.235. The zero-order valence-corrected chi connectivity index (χ0v) is 12.7. The lowest BCUT2D eigenvalue weighted by Gasteiger charge is -2.26. The van der Waals surface area contributed by atoms with Gasteiger partial charge in [0, 0.05) is 26.1 Å². The van der Waals surface area contributed by atoms with Gasteiger partial charge in [0.2, 0.25) is 0 Å².